The van der Waals surface area contributed by atoms with Crippen LogP contribution in [0.25, 0.3) is 6.08 Å². The molecule has 1 amide bonds. The highest BCUT2D eigenvalue weighted by molar-refractivity contribution is 5.90. The van der Waals surface area contributed by atoms with Gasteiger partial charge in [-0.05, 0) is 50.5 Å². The smallest absolute Gasteiger partial charge is 0.331 e. The number of benzene rings is 1. The lowest BCUT2D eigenvalue weighted by molar-refractivity contribution is -0.150. The van der Waals surface area contributed by atoms with Crippen LogP contribution in [0.15, 0.2) is 30.3 Å². The van der Waals surface area contributed by atoms with Crippen LogP contribution in [-0.2, 0) is 14.3 Å². The number of rotatable bonds is 6. The maximum absolute atomic E-state index is 11.8. The third-order valence-corrected chi connectivity index (χ3v) is 4.29. The molecule has 1 aliphatic rings. The monoisotopic (exact) mass is 344 g/mol. The Morgan fingerprint density at radius 1 is 1.16 bits per heavy atom. The quantitative estimate of drug-likeness (QED) is 0.636. The number of esters is 1. The number of anilines is 1. The zero-order chi connectivity index (χ0) is 18.1. The number of carbonyl (C=O) groups is 2. The van der Waals surface area contributed by atoms with E-state index in [4.69, 9.17) is 4.74 Å². The normalized spacial score (nSPS) is 16.3. The van der Waals surface area contributed by atoms with Crippen molar-refractivity contribution in [2.75, 3.05) is 24.5 Å². The van der Waals surface area contributed by atoms with Crippen LogP contribution in [0.1, 0.15) is 45.1 Å². The molecule has 1 fully saturated rings. The van der Waals surface area contributed by atoms with Crippen molar-refractivity contribution in [2.45, 2.75) is 45.6 Å². The van der Waals surface area contributed by atoms with Crippen molar-refractivity contribution >= 4 is 23.6 Å². The molecule has 1 aromatic rings. The third-order valence-electron chi connectivity index (χ3n) is 4.29. The average molecular weight is 344 g/mol. The summed E-state index contributed by atoms with van der Waals surface area (Å²) in [6, 6.07) is 8.18. The molecule has 1 heterocycles. The van der Waals surface area contributed by atoms with Gasteiger partial charge in [-0.15, -0.1) is 0 Å². The highest BCUT2D eigenvalue weighted by atomic mass is 16.5. The first kappa shape index (κ1) is 19.0. The molecule has 0 saturated carbocycles. The molecule has 0 spiro atoms. The topological polar surface area (TPSA) is 58.6 Å². The van der Waals surface area contributed by atoms with Crippen LogP contribution in [0.3, 0.4) is 0 Å². The van der Waals surface area contributed by atoms with E-state index in [0.29, 0.717) is 6.54 Å². The van der Waals surface area contributed by atoms with Crippen LogP contribution in [0, 0.1) is 0 Å². The Morgan fingerprint density at radius 3 is 2.40 bits per heavy atom. The number of likely N-dealkylation sites (N-methyl/N-ethyl adjacent to an activating group) is 1. The maximum atomic E-state index is 11.8. The summed E-state index contributed by atoms with van der Waals surface area (Å²) in [6.07, 6.45) is 7.40. The van der Waals surface area contributed by atoms with Crippen LogP contribution in [-0.4, -0.2) is 37.6 Å². The molecule has 5 heteroatoms. The number of nitrogens with zero attached hydrogens (tertiary/aromatic N) is 1. The molecule has 1 atom stereocenters. The summed E-state index contributed by atoms with van der Waals surface area (Å²) in [5, 5.41) is 2.62. The van der Waals surface area contributed by atoms with Gasteiger partial charge in [0.05, 0.1) is 0 Å². The largest absolute Gasteiger partial charge is 0.449 e. The molecule has 25 heavy (non-hydrogen) atoms. The van der Waals surface area contributed by atoms with E-state index in [-0.39, 0.29) is 5.91 Å². The first-order valence-corrected chi connectivity index (χ1v) is 9.11. The molecule has 0 unspecified atom stereocenters. The molecule has 136 valence electrons. The summed E-state index contributed by atoms with van der Waals surface area (Å²) in [6.45, 7) is 6.12. The number of amides is 1. The van der Waals surface area contributed by atoms with Gasteiger partial charge in [-0.25, -0.2) is 4.79 Å². The van der Waals surface area contributed by atoms with E-state index in [2.05, 4.69) is 22.3 Å². The molecule has 0 aliphatic carbocycles. The standard InChI is InChI=1S/C20H28N2O3/c1-3-21-20(24)16(2)25-19(23)13-10-17-8-11-18(12-9-17)22-14-6-4-5-7-15-22/h8-13,16H,3-7,14-15H2,1-2H3,(H,21,24)/b13-10+/t16-/m1/s1. The summed E-state index contributed by atoms with van der Waals surface area (Å²) < 4.78 is 5.07. The lowest BCUT2D eigenvalue weighted by atomic mass is 10.1. The Balaban J connectivity index is 1.88. The first-order chi connectivity index (χ1) is 12.1. The van der Waals surface area contributed by atoms with Gasteiger partial charge in [-0.1, -0.05) is 25.0 Å². The maximum Gasteiger partial charge on any atom is 0.331 e. The van der Waals surface area contributed by atoms with E-state index in [0.717, 1.165) is 18.7 Å². The third kappa shape index (κ3) is 6.25. The molecule has 1 saturated heterocycles. The molecular formula is C20H28N2O3. The zero-order valence-electron chi connectivity index (χ0n) is 15.2. The second-order valence-corrected chi connectivity index (χ2v) is 6.30. The lowest BCUT2D eigenvalue weighted by Crippen LogP contribution is -2.35. The fraction of sp³-hybridized carbons (Fsp3) is 0.500. The van der Waals surface area contributed by atoms with Crippen LogP contribution in [0.4, 0.5) is 5.69 Å². The Labute approximate surface area is 150 Å². The molecule has 1 aromatic carbocycles. The Morgan fingerprint density at radius 2 is 1.80 bits per heavy atom. The number of ether oxygens (including phenoxy) is 1. The predicted molar refractivity (Wildman–Crippen MR) is 100 cm³/mol. The van der Waals surface area contributed by atoms with E-state index in [1.807, 2.05) is 19.1 Å². The Hall–Kier alpha value is -2.30. The Kier molecular flexibility index (Phi) is 7.51. The molecule has 2 rings (SSSR count). The van der Waals surface area contributed by atoms with Crippen LogP contribution in [0.5, 0.6) is 0 Å². The van der Waals surface area contributed by atoms with Crippen molar-refractivity contribution in [3.05, 3.63) is 35.9 Å². The van der Waals surface area contributed by atoms with E-state index in [1.54, 1.807) is 13.0 Å². The van der Waals surface area contributed by atoms with Gasteiger partial charge in [-0.2, -0.15) is 0 Å². The highest BCUT2D eigenvalue weighted by Crippen LogP contribution is 2.20. The van der Waals surface area contributed by atoms with Gasteiger partial charge < -0.3 is 15.0 Å². The van der Waals surface area contributed by atoms with Crippen molar-refractivity contribution in [3.8, 4) is 0 Å². The van der Waals surface area contributed by atoms with Crippen molar-refractivity contribution in [2.24, 2.45) is 0 Å². The van der Waals surface area contributed by atoms with Crippen molar-refractivity contribution < 1.29 is 14.3 Å². The number of carbonyl (C=O) groups excluding carboxylic acids is 2. The van der Waals surface area contributed by atoms with Gasteiger partial charge in [0.1, 0.15) is 0 Å². The number of hydrogen-bond acceptors (Lipinski definition) is 4. The lowest BCUT2D eigenvalue weighted by Gasteiger charge is -2.22. The molecule has 1 N–H and O–H groups in total. The average Bonchev–Trinajstić information content (AvgIpc) is 2.90. The zero-order valence-corrected chi connectivity index (χ0v) is 15.2. The summed E-state index contributed by atoms with van der Waals surface area (Å²) >= 11 is 0. The van der Waals surface area contributed by atoms with Gasteiger partial charge in [0.2, 0.25) is 0 Å². The van der Waals surface area contributed by atoms with E-state index in [1.165, 1.54) is 37.4 Å². The van der Waals surface area contributed by atoms with E-state index >= 15 is 0 Å². The van der Waals surface area contributed by atoms with Crippen LogP contribution >= 0.6 is 0 Å². The Bertz CT molecular complexity index is 587. The molecule has 0 radical (unpaired) electrons. The summed E-state index contributed by atoms with van der Waals surface area (Å²) in [5.74, 6) is -0.804. The van der Waals surface area contributed by atoms with Gasteiger partial charge >= 0.3 is 5.97 Å². The molecule has 1 aliphatic heterocycles. The van der Waals surface area contributed by atoms with Gasteiger partial charge in [0, 0.05) is 31.4 Å². The SMILES string of the molecule is CCNC(=O)[C@@H](C)OC(=O)/C=C/c1ccc(N2CCCCCC2)cc1. The summed E-state index contributed by atoms with van der Waals surface area (Å²) in [5.41, 5.74) is 2.16. The van der Waals surface area contributed by atoms with Gasteiger partial charge in [0.15, 0.2) is 6.10 Å². The van der Waals surface area contributed by atoms with Crippen molar-refractivity contribution in [3.63, 3.8) is 0 Å². The molecule has 5 nitrogen and oxygen atoms in total. The molecule has 0 bridgehead atoms. The highest BCUT2D eigenvalue weighted by Gasteiger charge is 2.15. The fourth-order valence-electron chi connectivity index (χ4n) is 2.87. The van der Waals surface area contributed by atoms with Gasteiger partial charge in [-0.3, -0.25) is 4.79 Å². The minimum atomic E-state index is -0.789. The minimum absolute atomic E-state index is 0.286. The number of nitrogens with one attached hydrogen (secondary N) is 1. The predicted octanol–water partition coefficient (Wildman–Crippen LogP) is 3.15. The van der Waals surface area contributed by atoms with E-state index in [9.17, 15) is 9.59 Å². The number of hydrogen-bond donors (Lipinski definition) is 1. The minimum Gasteiger partial charge on any atom is -0.449 e. The van der Waals surface area contributed by atoms with Crippen LogP contribution in [0.2, 0.25) is 0 Å². The van der Waals surface area contributed by atoms with Crippen molar-refractivity contribution in [1.82, 2.24) is 5.32 Å². The first-order valence-electron chi connectivity index (χ1n) is 9.11. The second-order valence-electron chi connectivity index (χ2n) is 6.30. The fourth-order valence-corrected chi connectivity index (χ4v) is 2.87. The van der Waals surface area contributed by atoms with Crippen LogP contribution < -0.4 is 10.2 Å². The van der Waals surface area contributed by atoms with Gasteiger partial charge in [0.25, 0.3) is 5.91 Å². The second kappa shape index (κ2) is 9.87. The molecule has 0 aromatic heterocycles. The van der Waals surface area contributed by atoms with E-state index < -0.39 is 12.1 Å². The summed E-state index contributed by atoms with van der Waals surface area (Å²) in [4.78, 5) is 25.8. The van der Waals surface area contributed by atoms with Crippen molar-refractivity contribution in [1.29, 1.82) is 0 Å². The molecular weight excluding hydrogens is 316 g/mol. The summed E-state index contributed by atoms with van der Waals surface area (Å²) in [7, 11) is 0.